The molecule has 0 saturated carbocycles. The first-order chi connectivity index (χ1) is 7.86. The van der Waals surface area contributed by atoms with Crippen LogP contribution in [0.4, 0.5) is 5.69 Å². The number of ether oxygens (including phenoxy) is 1. The monoisotopic (exact) mass is 236 g/mol. The summed E-state index contributed by atoms with van der Waals surface area (Å²) in [4.78, 5) is 13.7. The Morgan fingerprint density at radius 3 is 2.65 bits per heavy atom. The first kappa shape index (κ1) is 13.5. The molecule has 0 aliphatic rings. The summed E-state index contributed by atoms with van der Waals surface area (Å²) in [5, 5.41) is 0. The summed E-state index contributed by atoms with van der Waals surface area (Å²) in [7, 11) is 3.29. The van der Waals surface area contributed by atoms with E-state index >= 15 is 0 Å². The van der Waals surface area contributed by atoms with Crippen molar-refractivity contribution >= 4 is 11.6 Å². The van der Waals surface area contributed by atoms with Gasteiger partial charge in [0.15, 0.2) is 0 Å². The summed E-state index contributed by atoms with van der Waals surface area (Å²) in [6.07, 6.45) is 0. The Hall–Kier alpha value is -1.55. The highest BCUT2D eigenvalue weighted by Crippen LogP contribution is 2.14. The predicted octanol–water partition coefficient (Wildman–Crippen LogP) is 1.65. The maximum atomic E-state index is 12.1. The van der Waals surface area contributed by atoms with Crippen molar-refractivity contribution in [3.63, 3.8) is 0 Å². The van der Waals surface area contributed by atoms with E-state index < -0.39 is 5.60 Å². The normalized spacial score (nSPS) is 11.3. The molecule has 4 heteroatoms. The van der Waals surface area contributed by atoms with Gasteiger partial charge in [0.2, 0.25) is 0 Å². The number of anilines is 1. The fraction of sp³-hybridized carbons (Fsp3) is 0.462. The van der Waals surface area contributed by atoms with E-state index in [1.807, 2.05) is 24.3 Å². The molecule has 1 rings (SSSR count). The number of amides is 1. The zero-order valence-corrected chi connectivity index (χ0v) is 10.9. The van der Waals surface area contributed by atoms with E-state index in [-0.39, 0.29) is 5.91 Å². The molecule has 17 heavy (non-hydrogen) atoms. The number of nitrogen functional groups attached to an aromatic ring is 1. The first-order valence-corrected chi connectivity index (χ1v) is 5.52. The molecule has 0 atom stereocenters. The Labute approximate surface area is 102 Å². The minimum Gasteiger partial charge on any atom is -0.399 e. The van der Waals surface area contributed by atoms with Crippen LogP contribution in [0.2, 0.25) is 0 Å². The Morgan fingerprint density at radius 2 is 2.12 bits per heavy atom. The van der Waals surface area contributed by atoms with Gasteiger partial charge < -0.3 is 15.4 Å². The van der Waals surface area contributed by atoms with Crippen molar-refractivity contribution in [3.05, 3.63) is 29.8 Å². The van der Waals surface area contributed by atoms with Crippen LogP contribution in [0.15, 0.2) is 24.3 Å². The van der Waals surface area contributed by atoms with Gasteiger partial charge in [0.1, 0.15) is 5.60 Å². The molecule has 0 aromatic heterocycles. The summed E-state index contributed by atoms with van der Waals surface area (Å²) in [6.45, 7) is 4.03. The lowest BCUT2D eigenvalue weighted by Crippen LogP contribution is -2.44. The molecular weight excluding hydrogens is 216 g/mol. The molecule has 0 saturated heterocycles. The SMILES string of the molecule is COC(C)(C)C(=O)N(C)Cc1cccc(N)c1. The minimum atomic E-state index is -0.797. The largest absolute Gasteiger partial charge is 0.399 e. The Kier molecular flexibility index (Phi) is 4.12. The Balaban J connectivity index is 2.73. The van der Waals surface area contributed by atoms with Gasteiger partial charge in [-0.05, 0) is 31.5 Å². The molecule has 4 nitrogen and oxygen atoms in total. The van der Waals surface area contributed by atoms with Crippen LogP contribution >= 0.6 is 0 Å². The second-order valence-corrected chi connectivity index (χ2v) is 4.62. The molecule has 0 heterocycles. The molecule has 0 radical (unpaired) electrons. The second-order valence-electron chi connectivity index (χ2n) is 4.62. The smallest absolute Gasteiger partial charge is 0.254 e. The molecule has 0 aliphatic heterocycles. The minimum absolute atomic E-state index is 0.0533. The average molecular weight is 236 g/mol. The second kappa shape index (κ2) is 5.19. The number of benzene rings is 1. The fourth-order valence-electron chi connectivity index (χ4n) is 1.58. The van der Waals surface area contributed by atoms with Crippen LogP contribution in [0.25, 0.3) is 0 Å². The predicted molar refractivity (Wildman–Crippen MR) is 68.4 cm³/mol. The van der Waals surface area contributed by atoms with Gasteiger partial charge in [0.05, 0.1) is 0 Å². The number of methoxy groups -OCH3 is 1. The van der Waals surface area contributed by atoms with Crippen molar-refractivity contribution in [3.8, 4) is 0 Å². The van der Waals surface area contributed by atoms with E-state index in [2.05, 4.69) is 0 Å². The molecule has 1 aromatic carbocycles. The van der Waals surface area contributed by atoms with Crippen molar-refractivity contribution in [2.75, 3.05) is 19.9 Å². The number of carbonyl (C=O) groups excluding carboxylic acids is 1. The maximum Gasteiger partial charge on any atom is 0.254 e. The number of hydrogen-bond acceptors (Lipinski definition) is 3. The fourth-order valence-corrected chi connectivity index (χ4v) is 1.58. The number of nitrogens with two attached hydrogens (primary N) is 1. The molecule has 1 amide bonds. The van der Waals surface area contributed by atoms with Gasteiger partial charge in [0.25, 0.3) is 5.91 Å². The molecule has 0 unspecified atom stereocenters. The van der Waals surface area contributed by atoms with E-state index in [1.54, 1.807) is 25.8 Å². The maximum absolute atomic E-state index is 12.1. The van der Waals surface area contributed by atoms with E-state index in [9.17, 15) is 4.79 Å². The van der Waals surface area contributed by atoms with Crippen LogP contribution in [0, 0.1) is 0 Å². The highest BCUT2D eigenvalue weighted by atomic mass is 16.5. The topological polar surface area (TPSA) is 55.6 Å². The summed E-state index contributed by atoms with van der Waals surface area (Å²) in [5.74, 6) is -0.0533. The van der Waals surface area contributed by atoms with Gasteiger partial charge >= 0.3 is 0 Å². The van der Waals surface area contributed by atoms with Crippen molar-refractivity contribution in [2.24, 2.45) is 0 Å². The molecule has 0 spiro atoms. The van der Waals surface area contributed by atoms with Gasteiger partial charge in [-0.25, -0.2) is 0 Å². The van der Waals surface area contributed by atoms with Crippen molar-refractivity contribution < 1.29 is 9.53 Å². The van der Waals surface area contributed by atoms with Crippen LogP contribution in [0.3, 0.4) is 0 Å². The zero-order valence-electron chi connectivity index (χ0n) is 10.9. The Morgan fingerprint density at radius 1 is 1.47 bits per heavy atom. The lowest BCUT2D eigenvalue weighted by molar-refractivity contribution is -0.150. The lowest BCUT2D eigenvalue weighted by Gasteiger charge is -2.28. The molecule has 0 bridgehead atoms. The molecule has 0 aliphatic carbocycles. The number of rotatable bonds is 4. The molecule has 94 valence electrons. The molecule has 0 fully saturated rings. The number of hydrogen-bond donors (Lipinski definition) is 1. The Bertz CT molecular complexity index is 402. The first-order valence-electron chi connectivity index (χ1n) is 5.52. The number of likely N-dealkylation sites (N-methyl/N-ethyl adjacent to an activating group) is 1. The average Bonchev–Trinajstić information content (AvgIpc) is 2.28. The third kappa shape index (κ3) is 3.46. The molecule has 1 aromatic rings. The summed E-state index contributed by atoms with van der Waals surface area (Å²) in [5.41, 5.74) is 6.61. The van der Waals surface area contributed by atoms with Crippen LogP contribution < -0.4 is 5.73 Å². The van der Waals surface area contributed by atoms with E-state index in [0.717, 1.165) is 5.56 Å². The van der Waals surface area contributed by atoms with Crippen LogP contribution in [-0.2, 0) is 16.1 Å². The highest BCUT2D eigenvalue weighted by molar-refractivity contribution is 5.84. The van der Waals surface area contributed by atoms with Crippen molar-refractivity contribution in [1.82, 2.24) is 4.90 Å². The third-order valence-electron chi connectivity index (χ3n) is 2.74. The summed E-state index contributed by atoms with van der Waals surface area (Å²) >= 11 is 0. The van der Waals surface area contributed by atoms with E-state index in [4.69, 9.17) is 10.5 Å². The van der Waals surface area contributed by atoms with Crippen LogP contribution in [0.5, 0.6) is 0 Å². The van der Waals surface area contributed by atoms with Gasteiger partial charge in [-0.1, -0.05) is 12.1 Å². The number of nitrogens with zero attached hydrogens (tertiary/aromatic N) is 1. The van der Waals surface area contributed by atoms with Gasteiger partial charge in [-0.15, -0.1) is 0 Å². The quantitative estimate of drug-likeness (QED) is 0.809. The van der Waals surface area contributed by atoms with Crippen LogP contribution in [0.1, 0.15) is 19.4 Å². The third-order valence-corrected chi connectivity index (χ3v) is 2.74. The van der Waals surface area contributed by atoms with Gasteiger partial charge in [-0.2, -0.15) is 0 Å². The van der Waals surface area contributed by atoms with E-state index in [0.29, 0.717) is 12.2 Å². The summed E-state index contributed by atoms with van der Waals surface area (Å²) < 4.78 is 5.17. The number of carbonyl (C=O) groups is 1. The summed E-state index contributed by atoms with van der Waals surface area (Å²) in [6, 6.07) is 7.51. The van der Waals surface area contributed by atoms with E-state index in [1.165, 1.54) is 7.11 Å². The molecular formula is C13H20N2O2. The van der Waals surface area contributed by atoms with Crippen molar-refractivity contribution in [1.29, 1.82) is 0 Å². The van der Waals surface area contributed by atoms with Gasteiger partial charge in [-0.3, -0.25) is 4.79 Å². The van der Waals surface area contributed by atoms with Crippen LogP contribution in [-0.4, -0.2) is 30.6 Å². The highest BCUT2D eigenvalue weighted by Gasteiger charge is 2.29. The van der Waals surface area contributed by atoms with Gasteiger partial charge in [0, 0.05) is 26.4 Å². The standard InChI is InChI=1S/C13H20N2O2/c1-13(2,17-4)12(16)15(3)9-10-6-5-7-11(14)8-10/h5-8H,9,14H2,1-4H3. The van der Waals surface area contributed by atoms with Crippen molar-refractivity contribution in [2.45, 2.75) is 26.0 Å². The zero-order chi connectivity index (χ0) is 13.1. The molecule has 2 N–H and O–H groups in total. The lowest BCUT2D eigenvalue weighted by atomic mass is 10.1.